The molecular weight excluding hydrogens is 222 g/mol. The molecule has 1 aliphatic carbocycles. The molecule has 0 aromatic rings. The van der Waals surface area contributed by atoms with Crippen molar-refractivity contribution < 1.29 is 14.7 Å². The molecular formula is C11H21N3O3. The Labute approximate surface area is 101 Å². The Bertz CT molecular complexity index is 277. The molecule has 0 spiro atoms. The predicted molar refractivity (Wildman–Crippen MR) is 63.8 cm³/mol. The third kappa shape index (κ3) is 5.04. The van der Waals surface area contributed by atoms with E-state index in [0.29, 0.717) is 25.6 Å². The van der Waals surface area contributed by atoms with E-state index in [4.69, 9.17) is 15.7 Å². The fourth-order valence-corrected chi connectivity index (χ4v) is 1.58. The monoisotopic (exact) mass is 243 g/mol. The molecule has 1 amide bonds. The summed E-state index contributed by atoms with van der Waals surface area (Å²) in [4.78, 5) is 11.6. The van der Waals surface area contributed by atoms with Gasteiger partial charge in [-0.1, -0.05) is 12.1 Å². The Morgan fingerprint density at radius 2 is 2.29 bits per heavy atom. The van der Waals surface area contributed by atoms with Gasteiger partial charge in [-0.15, -0.1) is 0 Å². The maximum absolute atomic E-state index is 11.6. The van der Waals surface area contributed by atoms with Crippen LogP contribution in [0.2, 0.25) is 0 Å². The Kier molecular flexibility index (Phi) is 5.76. The van der Waals surface area contributed by atoms with Gasteiger partial charge in [0, 0.05) is 13.0 Å². The largest absolute Gasteiger partial charge is 0.409 e. The number of hydrogen-bond acceptors (Lipinski definition) is 4. The molecule has 0 aromatic heterocycles. The standard InChI is InChI=1S/C11H21N3O3/c1-2-6-17-7-5-9(15)13-10(8-3-4-8)11(12)14-16/h8,10,16H,2-7H2,1H3,(H2,12,14)(H,13,15). The summed E-state index contributed by atoms with van der Waals surface area (Å²) in [6.45, 7) is 3.09. The van der Waals surface area contributed by atoms with Crippen LogP contribution < -0.4 is 11.1 Å². The number of ether oxygens (including phenoxy) is 1. The summed E-state index contributed by atoms with van der Waals surface area (Å²) in [5, 5.41) is 14.4. The zero-order valence-corrected chi connectivity index (χ0v) is 10.2. The van der Waals surface area contributed by atoms with Gasteiger partial charge in [0.1, 0.15) is 0 Å². The van der Waals surface area contributed by atoms with Crippen molar-refractivity contribution in [3.05, 3.63) is 0 Å². The van der Waals surface area contributed by atoms with Crippen molar-refractivity contribution >= 4 is 11.7 Å². The van der Waals surface area contributed by atoms with E-state index in [1.54, 1.807) is 0 Å². The molecule has 1 unspecified atom stereocenters. The number of amidine groups is 1. The van der Waals surface area contributed by atoms with Crippen molar-refractivity contribution in [3.8, 4) is 0 Å². The van der Waals surface area contributed by atoms with Crippen molar-refractivity contribution in [2.75, 3.05) is 13.2 Å². The number of oxime groups is 1. The lowest BCUT2D eigenvalue weighted by atomic mass is 10.1. The first-order valence-electron chi connectivity index (χ1n) is 6.03. The van der Waals surface area contributed by atoms with E-state index >= 15 is 0 Å². The minimum absolute atomic E-state index is 0.0790. The van der Waals surface area contributed by atoms with Crippen LogP contribution in [0.5, 0.6) is 0 Å². The molecule has 17 heavy (non-hydrogen) atoms. The number of amides is 1. The number of carbonyl (C=O) groups is 1. The quantitative estimate of drug-likeness (QED) is 0.189. The highest BCUT2D eigenvalue weighted by atomic mass is 16.5. The van der Waals surface area contributed by atoms with Crippen LogP contribution in [0.25, 0.3) is 0 Å². The van der Waals surface area contributed by atoms with E-state index in [0.717, 1.165) is 19.3 Å². The van der Waals surface area contributed by atoms with Gasteiger partial charge in [0.25, 0.3) is 0 Å². The topological polar surface area (TPSA) is 96.9 Å². The minimum Gasteiger partial charge on any atom is -0.409 e. The molecule has 0 aromatic carbocycles. The number of carbonyl (C=O) groups excluding carboxylic acids is 1. The molecule has 0 bridgehead atoms. The van der Waals surface area contributed by atoms with E-state index in [1.165, 1.54) is 0 Å². The van der Waals surface area contributed by atoms with Gasteiger partial charge in [0.15, 0.2) is 5.84 Å². The summed E-state index contributed by atoms with van der Waals surface area (Å²) in [7, 11) is 0. The number of nitrogens with one attached hydrogen (secondary N) is 1. The van der Waals surface area contributed by atoms with E-state index in [9.17, 15) is 4.79 Å². The number of nitrogens with zero attached hydrogens (tertiary/aromatic N) is 1. The van der Waals surface area contributed by atoms with E-state index in [1.807, 2.05) is 6.92 Å². The van der Waals surface area contributed by atoms with E-state index in [2.05, 4.69) is 10.5 Å². The zero-order chi connectivity index (χ0) is 12.7. The second-order valence-corrected chi connectivity index (χ2v) is 4.27. The molecule has 6 heteroatoms. The van der Waals surface area contributed by atoms with Crippen LogP contribution in [0.15, 0.2) is 5.16 Å². The summed E-state index contributed by atoms with van der Waals surface area (Å²) in [6, 6.07) is -0.335. The van der Waals surface area contributed by atoms with Crippen LogP contribution in [-0.4, -0.2) is 36.2 Å². The van der Waals surface area contributed by atoms with Crippen LogP contribution >= 0.6 is 0 Å². The third-order valence-electron chi connectivity index (χ3n) is 2.67. The van der Waals surface area contributed by atoms with Gasteiger partial charge >= 0.3 is 0 Å². The molecule has 1 rings (SSSR count). The smallest absolute Gasteiger partial charge is 0.222 e. The number of hydrogen-bond donors (Lipinski definition) is 3. The molecule has 1 fully saturated rings. The first kappa shape index (κ1) is 13.8. The maximum atomic E-state index is 11.6. The molecule has 0 heterocycles. The van der Waals surface area contributed by atoms with Gasteiger partial charge < -0.3 is 21.0 Å². The van der Waals surface area contributed by atoms with Gasteiger partial charge in [-0.25, -0.2) is 0 Å². The summed E-state index contributed by atoms with van der Waals surface area (Å²) in [6.07, 6.45) is 3.26. The van der Waals surface area contributed by atoms with E-state index in [-0.39, 0.29) is 17.8 Å². The Morgan fingerprint density at radius 3 is 2.82 bits per heavy atom. The van der Waals surface area contributed by atoms with Crippen molar-refractivity contribution in [1.82, 2.24) is 5.32 Å². The van der Waals surface area contributed by atoms with Crippen molar-refractivity contribution in [1.29, 1.82) is 0 Å². The minimum atomic E-state index is -0.335. The normalized spacial score (nSPS) is 17.8. The van der Waals surface area contributed by atoms with Crippen molar-refractivity contribution in [2.45, 2.75) is 38.6 Å². The van der Waals surface area contributed by atoms with Crippen LogP contribution in [0, 0.1) is 5.92 Å². The highest BCUT2D eigenvalue weighted by molar-refractivity contribution is 5.90. The second-order valence-electron chi connectivity index (χ2n) is 4.27. The average molecular weight is 243 g/mol. The maximum Gasteiger partial charge on any atom is 0.222 e. The summed E-state index contributed by atoms with van der Waals surface area (Å²) < 4.78 is 5.23. The van der Waals surface area contributed by atoms with Crippen LogP contribution in [-0.2, 0) is 9.53 Å². The molecule has 1 aliphatic rings. The van der Waals surface area contributed by atoms with Gasteiger partial charge in [-0.3, -0.25) is 4.79 Å². The van der Waals surface area contributed by atoms with Crippen LogP contribution in [0.1, 0.15) is 32.6 Å². The van der Waals surface area contributed by atoms with Gasteiger partial charge in [0.2, 0.25) is 5.91 Å². The Hall–Kier alpha value is -1.30. The van der Waals surface area contributed by atoms with Crippen molar-refractivity contribution in [3.63, 3.8) is 0 Å². The Morgan fingerprint density at radius 1 is 1.59 bits per heavy atom. The molecule has 1 atom stereocenters. The lowest BCUT2D eigenvalue weighted by Crippen LogP contribution is -2.46. The van der Waals surface area contributed by atoms with E-state index < -0.39 is 0 Å². The fraction of sp³-hybridized carbons (Fsp3) is 0.818. The fourth-order valence-electron chi connectivity index (χ4n) is 1.58. The summed E-state index contributed by atoms with van der Waals surface area (Å²) in [5.74, 6) is 0.270. The molecule has 0 aliphatic heterocycles. The summed E-state index contributed by atoms with van der Waals surface area (Å²) in [5.41, 5.74) is 5.54. The number of nitrogens with two attached hydrogens (primary N) is 1. The molecule has 1 saturated carbocycles. The lowest BCUT2D eigenvalue weighted by molar-refractivity contribution is -0.122. The van der Waals surface area contributed by atoms with Gasteiger partial charge in [-0.2, -0.15) is 0 Å². The molecule has 6 nitrogen and oxygen atoms in total. The molecule has 0 radical (unpaired) electrons. The second kappa shape index (κ2) is 7.11. The lowest BCUT2D eigenvalue weighted by Gasteiger charge is -2.16. The molecule has 98 valence electrons. The van der Waals surface area contributed by atoms with Crippen molar-refractivity contribution in [2.24, 2.45) is 16.8 Å². The van der Waals surface area contributed by atoms with Crippen LogP contribution in [0.4, 0.5) is 0 Å². The van der Waals surface area contributed by atoms with Gasteiger partial charge in [0.05, 0.1) is 12.6 Å². The zero-order valence-electron chi connectivity index (χ0n) is 10.2. The van der Waals surface area contributed by atoms with Crippen LogP contribution in [0.3, 0.4) is 0 Å². The first-order valence-corrected chi connectivity index (χ1v) is 6.03. The SMILES string of the molecule is CCCOCCC(=O)NC(C(N)=NO)C1CC1. The average Bonchev–Trinajstić information content (AvgIpc) is 3.15. The van der Waals surface area contributed by atoms with Gasteiger partial charge in [-0.05, 0) is 25.2 Å². The third-order valence-corrected chi connectivity index (χ3v) is 2.67. The molecule has 0 saturated heterocycles. The highest BCUT2D eigenvalue weighted by Crippen LogP contribution is 2.32. The number of rotatable bonds is 8. The first-order chi connectivity index (χ1) is 8.19. The summed E-state index contributed by atoms with van der Waals surface area (Å²) >= 11 is 0. The predicted octanol–water partition coefficient (Wildman–Crippen LogP) is 0.444. The highest BCUT2D eigenvalue weighted by Gasteiger charge is 2.35. The Balaban J connectivity index is 2.27. The molecule has 4 N–H and O–H groups in total.